The van der Waals surface area contributed by atoms with Crippen LogP contribution in [0.3, 0.4) is 0 Å². The first-order valence-corrected chi connectivity index (χ1v) is 8.25. The lowest BCUT2D eigenvalue weighted by atomic mass is 10.1. The van der Waals surface area contributed by atoms with E-state index >= 15 is 0 Å². The number of nitrogens with zero attached hydrogens (tertiary/aromatic N) is 3. The van der Waals surface area contributed by atoms with Gasteiger partial charge < -0.3 is 10.1 Å². The minimum absolute atomic E-state index is 0.455. The number of para-hydroxylation sites is 1. The first-order valence-electron chi connectivity index (χ1n) is 8.25. The fourth-order valence-electron chi connectivity index (χ4n) is 2.90. The normalized spacial score (nSPS) is 17.4. The Labute approximate surface area is 137 Å². The molecule has 0 saturated carbocycles. The highest BCUT2D eigenvalue weighted by atomic mass is 16.5. The van der Waals surface area contributed by atoms with Gasteiger partial charge in [-0.1, -0.05) is 37.3 Å². The summed E-state index contributed by atoms with van der Waals surface area (Å²) in [5, 5.41) is 8.13. The van der Waals surface area contributed by atoms with E-state index in [0.29, 0.717) is 6.04 Å². The van der Waals surface area contributed by atoms with E-state index in [2.05, 4.69) is 45.2 Å². The highest BCUT2D eigenvalue weighted by Gasteiger charge is 2.20. The van der Waals surface area contributed by atoms with Crippen molar-refractivity contribution in [3.05, 3.63) is 47.6 Å². The predicted molar refractivity (Wildman–Crippen MR) is 91.5 cm³/mol. The highest BCUT2D eigenvalue weighted by molar-refractivity contribution is 5.57. The molecule has 5 nitrogen and oxygen atoms in total. The molecule has 0 amide bonds. The number of rotatable bonds is 6. The average Bonchev–Trinajstić information content (AvgIpc) is 3.01. The Morgan fingerprint density at radius 1 is 1.39 bits per heavy atom. The van der Waals surface area contributed by atoms with Crippen molar-refractivity contribution in [2.45, 2.75) is 38.8 Å². The van der Waals surface area contributed by atoms with Gasteiger partial charge in [-0.15, -0.1) is 0 Å². The molecule has 2 aromatic rings. The zero-order valence-corrected chi connectivity index (χ0v) is 13.8. The summed E-state index contributed by atoms with van der Waals surface area (Å²) in [6, 6.07) is 8.50. The number of ether oxygens (including phenoxy) is 1. The molecule has 0 bridgehead atoms. The number of aryl methyl sites for hydroxylation is 2. The Morgan fingerprint density at radius 3 is 3.09 bits per heavy atom. The molecule has 23 heavy (non-hydrogen) atoms. The zero-order chi connectivity index (χ0) is 16.1. The van der Waals surface area contributed by atoms with Crippen LogP contribution in [0.2, 0.25) is 0 Å². The van der Waals surface area contributed by atoms with E-state index in [-0.39, 0.29) is 0 Å². The quantitative estimate of drug-likeness (QED) is 0.890. The van der Waals surface area contributed by atoms with Crippen LogP contribution in [0.25, 0.3) is 6.08 Å². The molecule has 1 aromatic carbocycles. The van der Waals surface area contributed by atoms with Crippen LogP contribution < -0.4 is 10.1 Å². The van der Waals surface area contributed by atoms with Gasteiger partial charge in [0.05, 0.1) is 13.7 Å². The summed E-state index contributed by atoms with van der Waals surface area (Å²) in [5.74, 6) is 2.99. The van der Waals surface area contributed by atoms with Gasteiger partial charge in [-0.25, -0.2) is 9.67 Å². The van der Waals surface area contributed by atoms with E-state index in [1.165, 1.54) is 0 Å². The summed E-state index contributed by atoms with van der Waals surface area (Å²) in [6.07, 6.45) is 7.27. The van der Waals surface area contributed by atoms with Gasteiger partial charge in [-0.05, 0) is 12.5 Å². The van der Waals surface area contributed by atoms with Gasteiger partial charge >= 0.3 is 0 Å². The molecule has 0 spiro atoms. The molecule has 0 aliphatic carbocycles. The van der Waals surface area contributed by atoms with Crippen molar-refractivity contribution in [2.75, 3.05) is 13.7 Å². The molecule has 5 heteroatoms. The summed E-state index contributed by atoms with van der Waals surface area (Å²) in [7, 11) is 1.70. The minimum atomic E-state index is 0.455. The summed E-state index contributed by atoms with van der Waals surface area (Å²) >= 11 is 0. The molecule has 0 fully saturated rings. The van der Waals surface area contributed by atoms with Crippen LogP contribution in [0.5, 0.6) is 5.75 Å². The van der Waals surface area contributed by atoms with Gasteiger partial charge in [-0.3, -0.25) is 0 Å². The number of hydrogen-bond donors (Lipinski definition) is 1. The molecule has 1 aliphatic heterocycles. The topological polar surface area (TPSA) is 52.0 Å². The second-order valence-electron chi connectivity index (χ2n) is 5.77. The lowest BCUT2D eigenvalue weighted by Crippen LogP contribution is -2.37. The molecule has 0 radical (unpaired) electrons. The largest absolute Gasteiger partial charge is 0.496 e. The third-order valence-electron chi connectivity index (χ3n) is 4.18. The van der Waals surface area contributed by atoms with Gasteiger partial charge in [0.2, 0.25) is 0 Å². The molecule has 122 valence electrons. The third-order valence-corrected chi connectivity index (χ3v) is 4.18. The fourth-order valence-corrected chi connectivity index (χ4v) is 2.90. The standard InChI is InChI=1S/C18H24N4O/c1-3-17-20-18-11-10-15(13-22(18)21-17)19-12-6-8-14-7-4-5-9-16(14)23-2/h4-9,15,19H,3,10-13H2,1-2H3/b8-6+/t15-/m0/s1. The van der Waals surface area contributed by atoms with E-state index in [1.54, 1.807) is 7.11 Å². The Hall–Kier alpha value is -2.14. The van der Waals surface area contributed by atoms with Crippen molar-refractivity contribution in [3.8, 4) is 5.75 Å². The van der Waals surface area contributed by atoms with Gasteiger partial charge in [-0.2, -0.15) is 5.10 Å². The van der Waals surface area contributed by atoms with Gasteiger partial charge in [0.1, 0.15) is 11.6 Å². The van der Waals surface area contributed by atoms with Crippen molar-refractivity contribution in [1.82, 2.24) is 20.1 Å². The summed E-state index contributed by atoms with van der Waals surface area (Å²) in [4.78, 5) is 4.56. The maximum absolute atomic E-state index is 5.35. The van der Waals surface area contributed by atoms with E-state index < -0.39 is 0 Å². The number of aromatic nitrogens is 3. The van der Waals surface area contributed by atoms with Gasteiger partial charge in [0.25, 0.3) is 0 Å². The van der Waals surface area contributed by atoms with Crippen LogP contribution in [0.1, 0.15) is 30.6 Å². The number of nitrogens with one attached hydrogen (secondary N) is 1. The lowest BCUT2D eigenvalue weighted by molar-refractivity contribution is 0.369. The van der Waals surface area contributed by atoms with E-state index in [9.17, 15) is 0 Å². The molecule has 3 rings (SSSR count). The maximum atomic E-state index is 5.35. The van der Waals surface area contributed by atoms with Crippen molar-refractivity contribution < 1.29 is 4.74 Å². The molecule has 1 aliphatic rings. The smallest absolute Gasteiger partial charge is 0.150 e. The highest BCUT2D eigenvalue weighted by Crippen LogP contribution is 2.18. The zero-order valence-electron chi connectivity index (χ0n) is 13.8. The monoisotopic (exact) mass is 312 g/mol. The number of fused-ring (bicyclic) bond motifs is 1. The van der Waals surface area contributed by atoms with Gasteiger partial charge in [0, 0.05) is 31.0 Å². The Morgan fingerprint density at radius 2 is 2.26 bits per heavy atom. The molecular formula is C18H24N4O. The van der Waals surface area contributed by atoms with Crippen LogP contribution in [0, 0.1) is 0 Å². The summed E-state index contributed by atoms with van der Waals surface area (Å²) < 4.78 is 7.41. The first-order chi connectivity index (χ1) is 11.3. The second kappa shape index (κ2) is 7.42. The molecule has 1 aromatic heterocycles. The predicted octanol–water partition coefficient (Wildman–Crippen LogP) is 2.47. The van der Waals surface area contributed by atoms with E-state index in [1.807, 2.05) is 18.2 Å². The fraction of sp³-hybridized carbons (Fsp3) is 0.444. The minimum Gasteiger partial charge on any atom is -0.496 e. The first kappa shape index (κ1) is 15.7. The number of benzene rings is 1. The SMILES string of the molecule is CCc1nc2n(n1)C[C@@H](NC/C=C/c1ccccc1OC)CC2. The maximum Gasteiger partial charge on any atom is 0.150 e. The molecule has 2 heterocycles. The van der Waals surface area contributed by atoms with Crippen molar-refractivity contribution >= 4 is 6.08 Å². The molecule has 0 saturated heterocycles. The van der Waals surface area contributed by atoms with Crippen LogP contribution in [-0.2, 0) is 19.4 Å². The molecular weight excluding hydrogens is 288 g/mol. The van der Waals surface area contributed by atoms with Crippen molar-refractivity contribution in [2.24, 2.45) is 0 Å². The molecule has 1 N–H and O–H groups in total. The number of methoxy groups -OCH3 is 1. The third kappa shape index (κ3) is 3.79. The van der Waals surface area contributed by atoms with Crippen LogP contribution in [-0.4, -0.2) is 34.5 Å². The van der Waals surface area contributed by atoms with Crippen molar-refractivity contribution in [1.29, 1.82) is 0 Å². The summed E-state index contributed by atoms with van der Waals surface area (Å²) in [6.45, 7) is 3.85. The Kier molecular flexibility index (Phi) is 5.08. The molecule has 1 atom stereocenters. The van der Waals surface area contributed by atoms with Gasteiger partial charge in [0.15, 0.2) is 5.82 Å². The average molecular weight is 312 g/mol. The second-order valence-corrected chi connectivity index (χ2v) is 5.77. The molecule has 0 unspecified atom stereocenters. The van der Waals surface area contributed by atoms with Crippen LogP contribution in [0.15, 0.2) is 30.3 Å². The summed E-state index contributed by atoms with van der Waals surface area (Å²) in [5.41, 5.74) is 1.10. The van der Waals surface area contributed by atoms with E-state index in [0.717, 1.165) is 55.3 Å². The van der Waals surface area contributed by atoms with Crippen molar-refractivity contribution in [3.63, 3.8) is 0 Å². The van der Waals surface area contributed by atoms with Crippen LogP contribution in [0.4, 0.5) is 0 Å². The Bertz CT molecular complexity index is 677. The van der Waals surface area contributed by atoms with Crippen LogP contribution >= 0.6 is 0 Å². The lowest BCUT2D eigenvalue weighted by Gasteiger charge is -2.23. The number of hydrogen-bond acceptors (Lipinski definition) is 4. The van der Waals surface area contributed by atoms with E-state index in [4.69, 9.17) is 4.74 Å². The Balaban J connectivity index is 1.52.